The standard InChI is InChI=1S/C37H33N2/c1-21-16-31-29-11-7-10-28(24-8-5-4-6-9-24)35(29)39-32-20-27(30-18-23-12-13-25(30)17-23)19-26-14-15-38(3)37(34(26)32)33(22(21)2)36(31)39/h4-11,14-16,19-20,23,25,30H,12-13,17-18H2,1-3H3/q+1. The second-order valence-electron chi connectivity index (χ2n) is 12.6. The topological polar surface area (TPSA) is 8.29 Å². The smallest absolute Gasteiger partial charge is 0.224 e. The van der Waals surface area contributed by atoms with Crippen molar-refractivity contribution >= 4 is 49.0 Å². The largest absolute Gasteiger partial charge is 0.307 e. The minimum atomic E-state index is 0.703. The Kier molecular flexibility index (Phi) is 4.28. The average Bonchev–Trinajstić information content (AvgIpc) is 3.68. The van der Waals surface area contributed by atoms with E-state index in [-0.39, 0.29) is 0 Å². The fourth-order valence-corrected chi connectivity index (χ4v) is 8.68. The van der Waals surface area contributed by atoms with E-state index >= 15 is 0 Å². The summed E-state index contributed by atoms with van der Waals surface area (Å²) in [4.78, 5) is 0. The number of benzene rings is 4. The molecule has 2 aliphatic carbocycles. The van der Waals surface area contributed by atoms with Crippen LogP contribution >= 0.6 is 0 Å². The molecule has 0 spiro atoms. The molecule has 2 nitrogen and oxygen atoms in total. The van der Waals surface area contributed by atoms with E-state index < -0.39 is 0 Å². The number of aryl methyl sites for hydroxylation is 3. The lowest BCUT2D eigenvalue weighted by molar-refractivity contribution is -0.643. The van der Waals surface area contributed by atoms with Crippen molar-refractivity contribution in [3.8, 4) is 11.1 Å². The zero-order valence-electron chi connectivity index (χ0n) is 23.0. The van der Waals surface area contributed by atoms with Crippen LogP contribution in [0.2, 0.25) is 0 Å². The second-order valence-corrected chi connectivity index (χ2v) is 12.6. The van der Waals surface area contributed by atoms with E-state index in [9.17, 15) is 0 Å². The van der Waals surface area contributed by atoms with E-state index in [1.165, 1.54) is 96.9 Å². The highest BCUT2D eigenvalue weighted by Crippen LogP contribution is 2.54. The molecule has 3 atom stereocenters. The SMILES string of the molecule is Cc1cc2c3cccc(-c4ccccc4)c3n3c4cc(C5CC6CCC5C6)cc5cc[n+](C)c(c(c1C)c23)c54. The molecule has 3 heterocycles. The number of hydrogen-bond acceptors (Lipinski definition) is 0. The van der Waals surface area contributed by atoms with E-state index in [0.29, 0.717) is 5.92 Å². The Labute approximate surface area is 228 Å². The molecule has 0 radical (unpaired) electrons. The summed E-state index contributed by atoms with van der Waals surface area (Å²) in [5.74, 6) is 2.50. The summed E-state index contributed by atoms with van der Waals surface area (Å²) in [7, 11) is 2.23. The molecule has 3 aromatic heterocycles. The summed E-state index contributed by atoms with van der Waals surface area (Å²) in [6.07, 6.45) is 7.94. The molecule has 3 unspecified atom stereocenters. The number of fused-ring (bicyclic) bond motifs is 7. The maximum Gasteiger partial charge on any atom is 0.224 e. The van der Waals surface area contributed by atoms with Gasteiger partial charge >= 0.3 is 0 Å². The first-order chi connectivity index (χ1) is 19.1. The molecule has 0 N–H and O–H groups in total. The van der Waals surface area contributed by atoms with Crippen molar-refractivity contribution in [3.05, 3.63) is 95.7 Å². The molecule has 2 aliphatic rings. The molecule has 4 aromatic carbocycles. The first kappa shape index (κ1) is 22.0. The lowest BCUT2D eigenvalue weighted by Crippen LogP contribution is -2.29. The van der Waals surface area contributed by atoms with Gasteiger partial charge in [0.05, 0.1) is 27.3 Å². The fraction of sp³-hybridized carbons (Fsp3) is 0.270. The molecule has 7 aromatic rings. The summed E-state index contributed by atoms with van der Waals surface area (Å²) in [6.45, 7) is 4.60. The van der Waals surface area contributed by atoms with Gasteiger partial charge in [-0.3, -0.25) is 0 Å². The van der Waals surface area contributed by atoms with Crippen molar-refractivity contribution in [1.29, 1.82) is 0 Å². The zero-order valence-corrected chi connectivity index (χ0v) is 23.0. The van der Waals surface area contributed by atoms with Crippen LogP contribution in [-0.4, -0.2) is 4.40 Å². The molecule has 0 saturated heterocycles. The highest BCUT2D eigenvalue weighted by atomic mass is 15.0. The van der Waals surface area contributed by atoms with Crippen LogP contribution in [0.5, 0.6) is 0 Å². The van der Waals surface area contributed by atoms with Gasteiger partial charge in [-0.05, 0) is 90.6 Å². The molecule has 2 bridgehead atoms. The van der Waals surface area contributed by atoms with Crippen LogP contribution in [-0.2, 0) is 7.05 Å². The predicted molar refractivity (Wildman–Crippen MR) is 163 cm³/mol. The summed E-state index contributed by atoms with van der Waals surface area (Å²) in [6, 6.07) is 27.8. The highest BCUT2D eigenvalue weighted by Gasteiger charge is 2.40. The number of rotatable bonds is 2. The van der Waals surface area contributed by atoms with Crippen molar-refractivity contribution < 1.29 is 4.57 Å². The van der Waals surface area contributed by atoms with Crippen LogP contribution in [0.4, 0.5) is 0 Å². The molecular formula is C37H33N2+. The van der Waals surface area contributed by atoms with Gasteiger partial charge in [0.2, 0.25) is 5.52 Å². The maximum absolute atomic E-state index is 2.65. The van der Waals surface area contributed by atoms with Gasteiger partial charge in [-0.15, -0.1) is 0 Å². The Morgan fingerprint density at radius 3 is 2.46 bits per heavy atom. The predicted octanol–water partition coefficient (Wildman–Crippen LogP) is 9.00. The molecule has 2 saturated carbocycles. The van der Waals surface area contributed by atoms with Gasteiger partial charge in [-0.25, -0.2) is 4.57 Å². The Balaban J connectivity index is 1.55. The van der Waals surface area contributed by atoms with E-state index in [1.807, 2.05) is 0 Å². The van der Waals surface area contributed by atoms with Crippen LogP contribution in [0.3, 0.4) is 0 Å². The maximum atomic E-state index is 2.65. The van der Waals surface area contributed by atoms with Crippen molar-refractivity contribution in [2.75, 3.05) is 0 Å². The minimum Gasteiger partial charge on any atom is -0.307 e. The number of hydrogen-bond donors (Lipinski definition) is 0. The Bertz CT molecular complexity index is 2110. The summed E-state index contributed by atoms with van der Waals surface area (Å²) < 4.78 is 5.02. The molecule has 39 heavy (non-hydrogen) atoms. The van der Waals surface area contributed by atoms with Crippen molar-refractivity contribution in [2.45, 2.75) is 45.4 Å². The van der Waals surface area contributed by atoms with Gasteiger partial charge < -0.3 is 4.40 Å². The molecule has 2 heteroatoms. The monoisotopic (exact) mass is 505 g/mol. The number of aromatic nitrogens is 2. The van der Waals surface area contributed by atoms with E-state index in [0.717, 1.165) is 11.8 Å². The molecule has 190 valence electrons. The first-order valence-corrected chi connectivity index (χ1v) is 14.7. The molecule has 0 aliphatic heterocycles. The van der Waals surface area contributed by atoms with E-state index in [1.54, 1.807) is 5.56 Å². The summed E-state index contributed by atoms with van der Waals surface area (Å²) >= 11 is 0. The van der Waals surface area contributed by atoms with Gasteiger partial charge in [0.25, 0.3) is 0 Å². The van der Waals surface area contributed by atoms with Crippen LogP contribution in [0.1, 0.15) is 48.3 Å². The molecule has 9 rings (SSSR count). The summed E-state index contributed by atoms with van der Waals surface area (Å²) in [5, 5.41) is 6.90. The quantitative estimate of drug-likeness (QED) is 0.126. The lowest BCUT2D eigenvalue weighted by atomic mass is 9.82. The number of pyridine rings is 2. The van der Waals surface area contributed by atoms with Crippen LogP contribution in [0.15, 0.2) is 79.0 Å². The van der Waals surface area contributed by atoms with Crippen LogP contribution in [0, 0.1) is 25.7 Å². The second kappa shape index (κ2) is 7.60. The van der Waals surface area contributed by atoms with Crippen molar-refractivity contribution in [2.24, 2.45) is 18.9 Å². The van der Waals surface area contributed by atoms with Gasteiger partial charge in [0.1, 0.15) is 7.05 Å². The Morgan fingerprint density at radius 1 is 0.795 bits per heavy atom. The minimum absolute atomic E-state index is 0.703. The van der Waals surface area contributed by atoms with Gasteiger partial charge in [0, 0.05) is 22.4 Å². The van der Waals surface area contributed by atoms with Gasteiger partial charge in [-0.1, -0.05) is 61.0 Å². The Morgan fingerprint density at radius 2 is 1.67 bits per heavy atom. The van der Waals surface area contributed by atoms with Crippen molar-refractivity contribution in [1.82, 2.24) is 4.40 Å². The third-order valence-electron chi connectivity index (χ3n) is 10.6. The Hall–Kier alpha value is -3.91. The van der Waals surface area contributed by atoms with Crippen molar-refractivity contribution in [3.63, 3.8) is 0 Å². The van der Waals surface area contributed by atoms with Gasteiger partial charge in [0.15, 0.2) is 6.20 Å². The third-order valence-corrected chi connectivity index (χ3v) is 10.6. The highest BCUT2D eigenvalue weighted by molar-refractivity contribution is 6.27. The van der Waals surface area contributed by atoms with E-state index in [4.69, 9.17) is 0 Å². The lowest BCUT2D eigenvalue weighted by Gasteiger charge is -2.23. The third kappa shape index (κ3) is 2.79. The normalized spacial score (nSPS) is 21.1. The van der Waals surface area contributed by atoms with Crippen LogP contribution in [0.25, 0.3) is 60.1 Å². The van der Waals surface area contributed by atoms with Crippen LogP contribution < -0.4 is 4.57 Å². The number of nitrogens with zero attached hydrogens (tertiary/aromatic N) is 2. The average molecular weight is 506 g/mol. The first-order valence-electron chi connectivity index (χ1n) is 14.7. The number of para-hydroxylation sites is 1. The van der Waals surface area contributed by atoms with Gasteiger partial charge in [-0.2, -0.15) is 0 Å². The summed E-state index contributed by atoms with van der Waals surface area (Å²) in [5.41, 5.74) is 12.4. The zero-order chi connectivity index (χ0) is 26.0. The molecular weight excluding hydrogens is 472 g/mol. The molecule has 0 amide bonds. The molecule has 2 fully saturated rings. The fourth-order valence-electron chi connectivity index (χ4n) is 8.68. The van der Waals surface area contributed by atoms with E-state index in [2.05, 4.69) is 109 Å².